The van der Waals surface area contributed by atoms with E-state index < -0.39 is 5.60 Å². The minimum absolute atomic E-state index is 0.0337. The van der Waals surface area contributed by atoms with E-state index in [0.29, 0.717) is 44.2 Å². The van der Waals surface area contributed by atoms with Crippen LogP contribution in [-0.4, -0.2) is 57.9 Å². The molecule has 4 rings (SSSR count). The zero-order valence-corrected chi connectivity index (χ0v) is 18.9. The van der Waals surface area contributed by atoms with Crippen molar-refractivity contribution in [2.45, 2.75) is 44.8 Å². The molecular formula is C23H31N5O2S. The summed E-state index contributed by atoms with van der Waals surface area (Å²) in [7, 11) is 0. The van der Waals surface area contributed by atoms with Gasteiger partial charge in [-0.25, -0.2) is 9.98 Å². The van der Waals surface area contributed by atoms with E-state index in [1.807, 2.05) is 47.5 Å². The number of aryl methyl sites for hydroxylation is 1. The van der Waals surface area contributed by atoms with Gasteiger partial charge in [-0.05, 0) is 25.3 Å². The minimum atomic E-state index is -1.46. The topological polar surface area (TPSA) is 95.0 Å². The van der Waals surface area contributed by atoms with E-state index in [4.69, 9.17) is 5.73 Å². The van der Waals surface area contributed by atoms with Gasteiger partial charge in [-0.3, -0.25) is 4.79 Å². The van der Waals surface area contributed by atoms with Gasteiger partial charge < -0.3 is 20.6 Å². The van der Waals surface area contributed by atoms with E-state index in [1.54, 1.807) is 16.2 Å². The van der Waals surface area contributed by atoms with Crippen molar-refractivity contribution in [1.82, 2.24) is 14.8 Å². The van der Waals surface area contributed by atoms with Gasteiger partial charge in [0.25, 0.3) is 5.91 Å². The normalized spacial score (nSPS) is 20.1. The molecular weight excluding hydrogens is 410 g/mol. The highest BCUT2D eigenvalue weighted by Gasteiger charge is 2.48. The molecule has 0 unspecified atom stereocenters. The van der Waals surface area contributed by atoms with Crippen LogP contribution in [0.2, 0.25) is 0 Å². The van der Waals surface area contributed by atoms with Crippen LogP contribution in [0.3, 0.4) is 0 Å². The van der Waals surface area contributed by atoms with Crippen LogP contribution in [0.5, 0.6) is 0 Å². The molecule has 7 nitrogen and oxygen atoms in total. The molecule has 0 bridgehead atoms. The molecule has 1 aliphatic carbocycles. The summed E-state index contributed by atoms with van der Waals surface area (Å²) in [6.07, 6.45) is 3.89. The lowest BCUT2D eigenvalue weighted by Gasteiger charge is -2.41. The van der Waals surface area contributed by atoms with Gasteiger partial charge >= 0.3 is 0 Å². The van der Waals surface area contributed by atoms with Crippen molar-refractivity contribution in [2.75, 3.05) is 26.2 Å². The summed E-state index contributed by atoms with van der Waals surface area (Å²) in [4.78, 5) is 26.3. The first-order valence-electron chi connectivity index (χ1n) is 11.0. The molecule has 1 aliphatic heterocycles. The van der Waals surface area contributed by atoms with Gasteiger partial charge in [0.2, 0.25) is 0 Å². The number of rotatable bonds is 5. The first-order valence-corrected chi connectivity index (χ1v) is 11.9. The highest BCUT2D eigenvalue weighted by Crippen LogP contribution is 2.42. The van der Waals surface area contributed by atoms with Gasteiger partial charge in [0.1, 0.15) is 0 Å². The van der Waals surface area contributed by atoms with Gasteiger partial charge in [-0.1, -0.05) is 43.2 Å². The molecule has 1 aromatic carbocycles. The van der Waals surface area contributed by atoms with Gasteiger partial charge in [0.05, 0.1) is 17.2 Å². The smallest absolute Gasteiger partial charge is 0.259 e. The number of hydrogen-bond acceptors (Lipinski definition) is 5. The Kier molecular flexibility index (Phi) is 6.57. The molecule has 0 radical (unpaired) electrons. The molecule has 8 heteroatoms. The Balaban J connectivity index is 1.42. The number of amides is 1. The molecule has 1 saturated carbocycles. The van der Waals surface area contributed by atoms with E-state index >= 15 is 0 Å². The van der Waals surface area contributed by atoms with Crippen molar-refractivity contribution in [2.24, 2.45) is 16.6 Å². The number of aliphatic imine (C=N–C) groups is 1. The molecule has 31 heavy (non-hydrogen) atoms. The number of piperazine rings is 1. The summed E-state index contributed by atoms with van der Waals surface area (Å²) in [6, 6.07) is 9.44. The Bertz CT molecular complexity index is 917. The predicted molar refractivity (Wildman–Crippen MR) is 123 cm³/mol. The quantitative estimate of drug-likeness (QED) is 0.549. The molecule has 1 amide bonds. The van der Waals surface area contributed by atoms with Crippen molar-refractivity contribution in [3.8, 4) is 0 Å². The van der Waals surface area contributed by atoms with Gasteiger partial charge in [-0.2, -0.15) is 0 Å². The number of thiazole rings is 1. The molecule has 2 fully saturated rings. The van der Waals surface area contributed by atoms with Gasteiger partial charge in [0, 0.05) is 37.5 Å². The number of hydrogen-bond donors (Lipinski definition) is 2. The summed E-state index contributed by atoms with van der Waals surface area (Å²) in [6.45, 7) is 4.68. The van der Waals surface area contributed by atoms with Crippen LogP contribution >= 0.6 is 11.3 Å². The fourth-order valence-electron chi connectivity index (χ4n) is 4.69. The van der Waals surface area contributed by atoms with Gasteiger partial charge in [-0.15, -0.1) is 11.3 Å². The van der Waals surface area contributed by atoms with Gasteiger partial charge in [0.15, 0.2) is 11.6 Å². The lowest BCUT2D eigenvalue weighted by molar-refractivity contribution is -0.160. The van der Waals surface area contributed by atoms with Crippen LogP contribution in [-0.2, 0) is 16.9 Å². The Morgan fingerprint density at radius 3 is 2.45 bits per heavy atom. The third kappa shape index (κ3) is 4.60. The fourth-order valence-corrected chi connectivity index (χ4v) is 5.30. The molecule has 3 N–H and O–H groups in total. The largest absolute Gasteiger partial charge is 0.375 e. The number of nitrogens with two attached hydrogens (primary N) is 1. The molecule has 1 atom stereocenters. The summed E-state index contributed by atoms with van der Waals surface area (Å²) < 4.78 is 0. The van der Waals surface area contributed by atoms with Crippen molar-refractivity contribution in [1.29, 1.82) is 0 Å². The molecule has 2 aromatic rings. The molecule has 166 valence electrons. The number of benzene rings is 1. The van der Waals surface area contributed by atoms with E-state index in [0.717, 1.165) is 36.4 Å². The number of aliphatic hydroxyl groups is 1. The lowest BCUT2D eigenvalue weighted by atomic mass is 9.79. The molecule has 2 aliphatic rings. The second-order valence-electron chi connectivity index (χ2n) is 8.43. The van der Waals surface area contributed by atoms with Crippen LogP contribution in [0, 0.1) is 12.8 Å². The Morgan fingerprint density at radius 1 is 1.19 bits per heavy atom. The summed E-state index contributed by atoms with van der Waals surface area (Å²) >= 11 is 1.60. The lowest BCUT2D eigenvalue weighted by Crippen LogP contribution is -2.58. The van der Waals surface area contributed by atoms with Crippen LogP contribution in [0.25, 0.3) is 0 Å². The Hall–Kier alpha value is -2.45. The van der Waals surface area contributed by atoms with Crippen LogP contribution in [0.1, 0.15) is 41.9 Å². The van der Waals surface area contributed by atoms with Crippen molar-refractivity contribution in [3.05, 3.63) is 52.0 Å². The standard InChI is InChI=1S/C23H31N5O2S/c1-17-26-20(16-31-17)15-25-22(24)28-13-11-27(12-14-28)21(29)23(30,19-9-5-6-10-19)18-7-3-2-4-8-18/h2-4,7-8,16,19,30H,5-6,9-15H2,1H3,(H2,24,25)/t23-/m0/s1. The first-order chi connectivity index (χ1) is 15.0. The Labute approximate surface area is 187 Å². The average molecular weight is 442 g/mol. The van der Waals surface area contributed by atoms with Crippen LogP contribution < -0.4 is 5.73 Å². The third-order valence-electron chi connectivity index (χ3n) is 6.45. The second-order valence-corrected chi connectivity index (χ2v) is 9.49. The minimum Gasteiger partial charge on any atom is -0.375 e. The van der Waals surface area contributed by atoms with E-state index in [2.05, 4.69) is 9.98 Å². The maximum absolute atomic E-state index is 13.6. The summed E-state index contributed by atoms with van der Waals surface area (Å²) in [5, 5.41) is 14.7. The molecule has 0 spiro atoms. The third-order valence-corrected chi connectivity index (χ3v) is 7.27. The maximum Gasteiger partial charge on any atom is 0.259 e. The number of aromatic nitrogens is 1. The van der Waals surface area contributed by atoms with Crippen molar-refractivity contribution in [3.63, 3.8) is 0 Å². The zero-order chi connectivity index (χ0) is 21.8. The second kappa shape index (κ2) is 9.36. The number of carbonyl (C=O) groups is 1. The van der Waals surface area contributed by atoms with Crippen molar-refractivity contribution < 1.29 is 9.90 Å². The SMILES string of the molecule is Cc1nc(CN=C(N)N2CCN(C(=O)[C@](O)(c3ccccc3)C3CCCC3)CC2)cs1. The highest BCUT2D eigenvalue weighted by molar-refractivity contribution is 7.09. The number of nitrogens with zero attached hydrogens (tertiary/aromatic N) is 4. The predicted octanol–water partition coefficient (Wildman–Crippen LogP) is 2.49. The first kappa shape index (κ1) is 21.8. The molecule has 1 saturated heterocycles. The van der Waals surface area contributed by atoms with Crippen LogP contribution in [0.4, 0.5) is 0 Å². The fraction of sp³-hybridized carbons (Fsp3) is 0.522. The maximum atomic E-state index is 13.6. The molecule has 1 aromatic heterocycles. The average Bonchev–Trinajstić information content (AvgIpc) is 3.49. The number of guanidine groups is 1. The van der Waals surface area contributed by atoms with Crippen molar-refractivity contribution >= 4 is 23.2 Å². The van der Waals surface area contributed by atoms with E-state index in [-0.39, 0.29) is 11.8 Å². The summed E-state index contributed by atoms with van der Waals surface area (Å²) in [5.74, 6) is 0.263. The zero-order valence-electron chi connectivity index (χ0n) is 18.0. The highest BCUT2D eigenvalue weighted by atomic mass is 32.1. The molecule has 2 heterocycles. The van der Waals surface area contributed by atoms with E-state index in [9.17, 15) is 9.90 Å². The Morgan fingerprint density at radius 2 is 1.84 bits per heavy atom. The van der Waals surface area contributed by atoms with Crippen LogP contribution in [0.15, 0.2) is 40.7 Å². The number of carbonyl (C=O) groups excluding carboxylic acids is 1. The monoisotopic (exact) mass is 441 g/mol. The summed E-state index contributed by atoms with van der Waals surface area (Å²) in [5.41, 5.74) is 6.37. The van der Waals surface area contributed by atoms with E-state index in [1.165, 1.54) is 0 Å².